The molecule has 0 bridgehead atoms. The summed E-state index contributed by atoms with van der Waals surface area (Å²) in [6.07, 6.45) is 0. The van der Waals surface area contributed by atoms with Gasteiger partial charge in [-0.05, 0) is 48.2 Å². The minimum Gasteiger partial charge on any atom is -0.348 e. The first kappa shape index (κ1) is 20.8. The van der Waals surface area contributed by atoms with Gasteiger partial charge in [0.15, 0.2) is 0 Å². The van der Waals surface area contributed by atoms with Gasteiger partial charge in [-0.2, -0.15) is 0 Å². The predicted molar refractivity (Wildman–Crippen MR) is 114 cm³/mol. The number of hydrogen-bond acceptors (Lipinski definition) is 3. The molecule has 3 rings (SSSR count). The number of aryl methyl sites for hydroxylation is 2. The average molecular weight is 409 g/mol. The number of sulfonamides is 1. The zero-order chi connectivity index (χ0) is 20.9. The van der Waals surface area contributed by atoms with E-state index in [1.807, 2.05) is 55.5 Å². The van der Waals surface area contributed by atoms with Gasteiger partial charge in [-0.1, -0.05) is 60.7 Å². The molecule has 29 heavy (non-hydrogen) atoms. The van der Waals surface area contributed by atoms with Gasteiger partial charge in [0.25, 0.3) is 5.91 Å². The van der Waals surface area contributed by atoms with E-state index in [-0.39, 0.29) is 17.3 Å². The van der Waals surface area contributed by atoms with Crippen LogP contribution in [0.15, 0.2) is 77.7 Å². The number of rotatable bonds is 7. The molecule has 0 heterocycles. The van der Waals surface area contributed by atoms with Gasteiger partial charge in [-0.25, -0.2) is 13.1 Å². The van der Waals surface area contributed by atoms with Gasteiger partial charge in [0.1, 0.15) is 0 Å². The molecule has 6 heteroatoms. The summed E-state index contributed by atoms with van der Waals surface area (Å²) in [4.78, 5) is 12.6. The Morgan fingerprint density at radius 1 is 0.759 bits per heavy atom. The second-order valence-electron chi connectivity index (χ2n) is 6.90. The highest BCUT2D eigenvalue weighted by atomic mass is 32.2. The normalized spacial score (nSPS) is 11.2. The highest BCUT2D eigenvalue weighted by Crippen LogP contribution is 2.15. The molecular weight excluding hydrogens is 384 g/mol. The average Bonchev–Trinajstić information content (AvgIpc) is 2.72. The van der Waals surface area contributed by atoms with Crippen molar-refractivity contribution in [2.24, 2.45) is 0 Å². The summed E-state index contributed by atoms with van der Waals surface area (Å²) in [6.45, 7) is 4.28. The van der Waals surface area contributed by atoms with Crippen molar-refractivity contribution in [3.8, 4) is 0 Å². The molecule has 0 radical (unpaired) electrons. The molecular formula is C23H24N2O3S. The van der Waals surface area contributed by atoms with Gasteiger partial charge in [0, 0.05) is 18.7 Å². The second-order valence-corrected chi connectivity index (χ2v) is 8.64. The zero-order valence-corrected chi connectivity index (χ0v) is 17.3. The molecule has 3 aromatic carbocycles. The van der Waals surface area contributed by atoms with Crippen LogP contribution < -0.4 is 10.0 Å². The monoisotopic (exact) mass is 408 g/mol. The Hall–Kier alpha value is -2.96. The van der Waals surface area contributed by atoms with Crippen LogP contribution in [0.3, 0.4) is 0 Å². The van der Waals surface area contributed by atoms with Crippen molar-refractivity contribution in [2.45, 2.75) is 31.8 Å². The Bertz CT molecular complexity index is 1110. The lowest BCUT2D eigenvalue weighted by molar-refractivity contribution is 0.0950. The molecule has 0 atom stereocenters. The summed E-state index contributed by atoms with van der Waals surface area (Å²) in [6, 6.07) is 21.8. The summed E-state index contributed by atoms with van der Waals surface area (Å²) in [5.74, 6) is -0.113. The molecule has 3 aromatic rings. The van der Waals surface area contributed by atoms with Gasteiger partial charge >= 0.3 is 0 Å². The molecule has 0 aliphatic carbocycles. The fourth-order valence-corrected chi connectivity index (χ4v) is 4.26. The summed E-state index contributed by atoms with van der Waals surface area (Å²) >= 11 is 0. The first-order chi connectivity index (χ1) is 13.9. The van der Waals surface area contributed by atoms with E-state index in [2.05, 4.69) is 10.0 Å². The third-order valence-corrected chi connectivity index (χ3v) is 6.28. The van der Waals surface area contributed by atoms with Crippen molar-refractivity contribution in [3.05, 3.63) is 101 Å². The van der Waals surface area contributed by atoms with Crippen LogP contribution in [-0.2, 0) is 23.1 Å². The third kappa shape index (κ3) is 5.31. The van der Waals surface area contributed by atoms with Crippen LogP contribution in [0.1, 0.15) is 32.6 Å². The van der Waals surface area contributed by atoms with Crippen molar-refractivity contribution >= 4 is 15.9 Å². The number of hydrogen-bond donors (Lipinski definition) is 2. The lowest BCUT2D eigenvalue weighted by Gasteiger charge is -2.10. The molecule has 150 valence electrons. The minimum absolute atomic E-state index is 0.113. The van der Waals surface area contributed by atoms with E-state index in [1.165, 1.54) is 0 Å². The number of carbonyl (C=O) groups excluding carboxylic acids is 1. The first-order valence-corrected chi connectivity index (χ1v) is 10.8. The molecule has 0 aliphatic rings. The smallest absolute Gasteiger partial charge is 0.251 e. The summed E-state index contributed by atoms with van der Waals surface area (Å²) in [5.41, 5.74) is 4.09. The molecule has 0 saturated heterocycles. The number of amides is 1. The topological polar surface area (TPSA) is 75.3 Å². The standard InChI is InChI=1S/C23H24N2O3S/c1-17-7-3-5-9-21(17)23(26)24-15-19-11-13-20(14-12-19)16-25-29(27,28)22-10-6-4-8-18(22)2/h3-14,25H,15-16H2,1-2H3,(H,24,26). The van der Waals surface area contributed by atoms with E-state index in [9.17, 15) is 13.2 Å². The summed E-state index contributed by atoms with van der Waals surface area (Å²) in [7, 11) is -3.56. The molecule has 0 spiro atoms. The van der Waals surface area contributed by atoms with E-state index in [0.29, 0.717) is 17.7 Å². The van der Waals surface area contributed by atoms with E-state index in [1.54, 1.807) is 31.2 Å². The van der Waals surface area contributed by atoms with Crippen molar-refractivity contribution in [2.75, 3.05) is 0 Å². The molecule has 5 nitrogen and oxygen atoms in total. The molecule has 0 aromatic heterocycles. The molecule has 0 saturated carbocycles. The van der Waals surface area contributed by atoms with Crippen LogP contribution in [0.5, 0.6) is 0 Å². The fraction of sp³-hybridized carbons (Fsp3) is 0.174. The Morgan fingerprint density at radius 3 is 1.93 bits per heavy atom. The van der Waals surface area contributed by atoms with E-state index < -0.39 is 10.0 Å². The molecule has 0 aliphatic heterocycles. The van der Waals surface area contributed by atoms with Crippen molar-refractivity contribution in [3.63, 3.8) is 0 Å². The van der Waals surface area contributed by atoms with Crippen LogP contribution in [-0.4, -0.2) is 14.3 Å². The van der Waals surface area contributed by atoms with Gasteiger partial charge < -0.3 is 5.32 Å². The summed E-state index contributed by atoms with van der Waals surface area (Å²) in [5, 5.41) is 2.91. The zero-order valence-electron chi connectivity index (χ0n) is 16.5. The molecule has 1 amide bonds. The fourth-order valence-electron chi connectivity index (χ4n) is 2.99. The van der Waals surface area contributed by atoms with Gasteiger partial charge in [0.05, 0.1) is 4.90 Å². The van der Waals surface area contributed by atoms with Gasteiger partial charge in [-0.3, -0.25) is 4.79 Å². The second kappa shape index (κ2) is 9.03. The maximum Gasteiger partial charge on any atom is 0.251 e. The highest BCUT2D eigenvalue weighted by molar-refractivity contribution is 7.89. The number of benzene rings is 3. The van der Waals surface area contributed by atoms with Crippen LogP contribution in [0, 0.1) is 13.8 Å². The molecule has 0 unspecified atom stereocenters. The van der Waals surface area contributed by atoms with Crippen molar-refractivity contribution in [1.82, 2.24) is 10.0 Å². The Morgan fingerprint density at radius 2 is 1.31 bits per heavy atom. The van der Waals surface area contributed by atoms with Crippen LogP contribution >= 0.6 is 0 Å². The largest absolute Gasteiger partial charge is 0.348 e. The maximum atomic E-state index is 12.5. The molecule has 0 fully saturated rings. The first-order valence-electron chi connectivity index (χ1n) is 9.34. The lowest BCUT2D eigenvalue weighted by Crippen LogP contribution is -2.24. The van der Waals surface area contributed by atoms with Crippen LogP contribution in [0.4, 0.5) is 0 Å². The lowest BCUT2D eigenvalue weighted by atomic mass is 10.1. The molecule has 2 N–H and O–H groups in total. The van der Waals surface area contributed by atoms with Crippen LogP contribution in [0.25, 0.3) is 0 Å². The third-order valence-electron chi connectivity index (χ3n) is 4.72. The predicted octanol–water partition coefficient (Wildman–Crippen LogP) is 3.71. The van der Waals surface area contributed by atoms with Crippen molar-refractivity contribution in [1.29, 1.82) is 0 Å². The van der Waals surface area contributed by atoms with Gasteiger partial charge in [0.2, 0.25) is 10.0 Å². The maximum absolute atomic E-state index is 12.5. The van der Waals surface area contributed by atoms with Gasteiger partial charge in [-0.15, -0.1) is 0 Å². The Balaban J connectivity index is 1.57. The Labute approximate surface area is 171 Å². The minimum atomic E-state index is -3.56. The van der Waals surface area contributed by atoms with Crippen LogP contribution in [0.2, 0.25) is 0 Å². The highest BCUT2D eigenvalue weighted by Gasteiger charge is 2.15. The van der Waals surface area contributed by atoms with Crippen molar-refractivity contribution < 1.29 is 13.2 Å². The summed E-state index contributed by atoms with van der Waals surface area (Å²) < 4.78 is 27.6. The van der Waals surface area contributed by atoms with E-state index in [4.69, 9.17) is 0 Å². The number of carbonyl (C=O) groups is 1. The SMILES string of the molecule is Cc1ccccc1C(=O)NCc1ccc(CNS(=O)(=O)c2ccccc2C)cc1. The Kier molecular flexibility index (Phi) is 6.46. The van der Waals surface area contributed by atoms with E-state index in [0.717, 1.165) is 16.7 Å². The quantitative estimate of drug-likeness (QED) is 0.626. The van der Waals surface area contributed by atoms with E-state index >= 15 is 0 Å². The number of nitrogens with one attached hydrogen (secondary N) is 2.